The number of amides is 1. The van der Waals surface area contributed by atoms with Gasteiger partial charge in [0.2, 0.25) is 10.0 Å². The van der Waals surface area contributed by atoms with Crippen LogP contribution < -0.4 is 4.74 Å². The molecule has 2 aromatic carbocycles. The SMILES string of the molecule is COc1ccc(C(=O)N2CCN(Cc3ccccc3)CC2)cc1S(=O)(=O)N1CCOCC1. The molecule has 9 heteroatoms. The highest BCUT2D eigenvalue weighted by atomic mass is 32.2. The van der Waals surface area contributed by atoms with Crippen molar-refractivity contribution in [1.29, 1.82) is 0 Å². The Labute approximate surface area is 189 Å². The molecule has 2 aliphatic heterocycles. The van der Waals surface area contributed by atoms with Gasteiger partial charge in [-0.15, -0.1) is 0 Å². The molecular formula is C23H29N3O5S. The van der Waals surface area contributed by atoms with Crippen molar-refractivity contribution in [2.75, 3.05) is 59.6 Å². The number of ether oxygens (including phenoxy) is 2. The minimum atomic E-state index is -3.79. The Bertz CT molecular complexity index is 1030. The Morgan fingerprint density at radius 2 is 1.66 bits per heavy atom. The quantitative estimate of drug-likeness (QED) is 0.654. The van der Waals surface area contributed by atoms with Gasteiger partial charge in [0.05, 0.1) is 20.3 Å². The molecule has 0 atom stereocenters. The first-order valence-corrected chi connectivity index (χ1v) is 12.2. The van der Waals surface area contributed by atoms with E-state index in [9.17, 15) is 13.2 Å². The maximum Gasteiger partial charge on any atom is 0.253 e. The molecule has 0 bridgehead atoms. The van der Waals surface area contributed by atoms with Gasteiger partial charge in [-0.1, -0.05) is 30.3 Å². The molecule has 8 nitrogen and oxygen atoms in total. The molecule has 2 aliphatic rings. The molecular weight excluding hydrogens is 430 g/mol. The van der Waals surface area contributed by atoms with Gasteiger partial charge in [-0.3, -0.25) is 9.69 Å². The van der Waals surface area contributed by atoms with Crippen LogP contribution in [0.4, 0.5) is 0 Å². The lowest BCUT2D eigenvalue weighted by Crippen LogP contribution is -2.48. The van der Waals surface area contributed by atoms with E-state index in [-0.39, 0.29) is 29.6 Å². The number of carbonyl (C=O) groups excluding carboxylic acids is 1. The topological polar surface area (TPSA) is 79.4 Å². The van der Waals surface area contributed by atoms with Gasteiger partial charge in [0.1, 0.15) is 10.6 Å². The average molecular weight is 460 g/mol. The van der Waals surface area contributed by atoms with Crippen molar-refractivity contribution in [3.8, 4) is 5.75 Å². The zero-order valence-electron chi connectivity index (χ0n) is 18.3. The fourth-order valence-corrected chi connectivity index (χ4v) is 5.66. The second-order valence-electron chi connectivity index (χ2n) is 7.94. The van der Waals surface area contributed by atoms with Gasteiger partial charge in [-0.25, -0.2) is 8.42 Å². The maximum absolute atomic E-state index is 13.2. The molecule has 0 radical (unpaired) electrons. The van der Waals surface area contributed by atoms with Crippen molar-refractivity contribution >= 4 is 15.9 Å². The van der Waals surface area contributed by atoms with Gasteiger partial charge in [-0.2, -0.15) is 4.31 Å². The lowest BCUT2D eigenvalue weighted by Gasteiger charge is -2.35. The lowest BCUT2D eigenvalue weighted by atomic mass is 10.1. The lowest BCUT2D eigenvalue weighted by molar-refractivity contribution is 0.0628. The number of rotatable bonds is 6. The van der Waals surface area contributed by atoms with Crippen molar-refractivity contribution in [2.24, 2.45) is 0 Å². The number of carbonyl (C=O) groups is 1. The summed E-state index contributed by atoms with van der Waals surface area (Å²) in [7, 11) is -2.35. The number of sulfonamides is 1. The summed E-state index contributed by atoms with van der Waals surface area (Å²) in [6, 6.07) is 14.9. The highest BCUT2D eigenvalue weighted by Gasteiger charge is 2.31. The largest absolute Gasteiger partial charge is 0.495 e. The molecule has 0 saturated carbocycles. The van der Waals surface area contributed by atoms with Crippen LogP contribution in [-0.2, 0) is 21.3 Å². The van der Waals surface area contributed by atoms with Crippen LogP contribution >= 0.6 is 0 Å². The van der Waals surface area contributed by atoms with Gasteiger partial charge < -0.3 is 14.4 Å². The summed E-state index contributed by atoms with van der Waals surface area (Å²) in [6.45, 7) is 4.88. The van der Waals surface area contributed by atoms with E-state index < -0.39 is 10.0 Å². The zero-order chi connectivity index (χ0) is 22.6. The number of nitrogens with zero attached hydrogens (tertiary/aromatic N) is 3. The minimum Gasteiger partial charge on any atom is -0.495 e. The van der Waals surface area contributed by atoms with Gasteiger partial charge in [0.15, 0.2) is 0 Å². The predicted molar refractivity (Wildman–Crippen MR) is 120 cm³/mol. The molecule has 2 aromatic rings. The molecule has 4 rings (SSSR count). The molecule has 2 saturated heterocycles. The number of hydrogen-bond acceptors (Lipinski definition) is 6. The molecule has 0 spiro atoms. The summed E-state index contributed by atoms with van der Waals surface area (Å²) in [5.74, 6) is 0.0752. The minimum absolute atomic E-state index is 0.0236. The highest BCUT2D eigenvalue weighted by molar-refractivity contribution is 7.89. The van der Waals surface area contributed by atoms with E-state index in [2.05, 4.69) is 17.0 Å². The summed E-state index contributed by atoms with van der Waals surface area (Å²) in [5, 5.41) is 0. The monoisotopic (exact) mass is 459 g/mol. The van der Waals surface area contributed by atoms with Crippen LogP contribution in [0.15, 0.2) is 53.4 Å². The Balaban J connectivity index is 1.47. The Kier molecular flexibility index (Phi) is 7.10. The van der Waals surface area contributed by atoms with Crippen molar-refractivity contribution in [3.63, 3.8) is 0 Å². The number of hydrogen-bond donors (Lipinski definition) is 0. The van der Waals surface area contributed by atoms with Crippen LogP contribution in [0.3, 0.4) is 0 Å². The van der Waals surface area contributed by atoms with E-state index in [0.29, 0.717) is 31.9 Å². The highest BCUT2D eigenvalue weighted by Crippen LogP contribution is 2.29. The first-order valence-electron chi connectivity index (χ1n) is 10.8. The average Bonchev–Trinajstić information content (AvgIpc) is 2.85. The summed E-state index contributed by atoms with van der Waals surface area (Å²) >= 11 is 0. The van der Waals surface area contributed by atoms with E-state index in [1.165, 1.54) is 23.0 Å². The summed E-state index contributed by atoms with van der Waals surface area (Å²) in [4.78, 5) is 17.3. The number of methoxy groups -OCH3 is 1. The van der Waals surface area contributed by atoms with Gasteiger partial charge >= 0.3 is 0 Å². The fourth-order valence-electron chi connectivity index (χ4n) is 4.07. The third-order valence-corrected chi connectivity index (χ3v) is 7.83. The first kappa shape index (κ1) is 22.7. The standard InChI is InChI=1S/C23H29N3O5S/c1-30-21-8-7-20(17-22(21)32(28,29)26-13-15-31-16-14-26)23(27)25-11-9-24(10-12-25)18-19-5-3-2-4-6-19/h2-8,17H,9-16,18H2,1H3. The van der Waals surface area contributed by atoms with Crippen molar-refractivity contribution in [1.82, 2.24) is 14.1 Å². The van der Waals surface area contributed by atoms with Crippen LogP contribution in [0.25, 0.3) is 0 Å². The van der Waals surface area contributed by atoms with E-state index >= 15 is 0 Å². The zero-order valence-corrected chi connectivity index (χ0v) is 19.1. The molecule has 0 aliphatic carbocycles. The number of piperazine rings is 1. The number of benzene rings is 2. The van der Waals surface area contributed by atoms with Crippen LogP contribution in [0.2, 0.25) is 0 Å². The summed E-state index contributed by atoms with van der Waals surface area (Å²) in [5.41, 5.74) is 1.61. The van der Waals surface area contributed by atoms with Crippen LogP contribution in [0.5, 0.6) is 5.75 Å². The van der Waals surface area contributed by atoms with E-state index in [0.717, 1.165) is 19.6 Å². The Hall–Kier alpha value is -2.46. The van der Waals surface area contributed by atoms with E-state index in [1.807, 2.05) is 18.2 Å². The van der Waals surface area contributed by atoms with Crippen molar-refractivity contribution in [2.45, 2.75) is 11.4 Å². The molecule has 1 amide bonds. The fraction of sp³-hybridized carbons (Fsp3) is 0.435. The third kappa shape index (κ3) is 4.96. The maximum atomic E-state index is 13.2. The molecule has 2 heterocycles. The number of morpholine rings is 1. The second kappa shape index (κ2) is 9.99. The normalized spacial score (nSPS) is 18.5. The molecule has 0 aromatic heterocycles. The smallest absolute Gasteiger partial charge is 0.253 e. The molecule has 172 valence electrons. The molecule has 0 unspecified atom stereocenters. The predicted octanol–water partition coefficient (Wildman–Crippen LogP) is 1.67. The molecule has 32 heavy (non-hydrogen) atoms. The van der Waals surface area contributed by atoms with E-state index in [1.54, 1.807) is 17.0 Å². The van der Waals surface area contributed by atoms with E-state index in [4.69, 9.17) is 9.47 Å². The summed E-state index contributed by atoms with van der Waals surface area (Å²) in [6.07, 6.45) is 0. The Morgan fingerprint density at radius 3 is 2.31 bits per heavy atom. The first-order chi connectivity index (χ1) is 15.5. The van der Waals surface area contributed by atoms with Gasteiger partial charge in [0, 0.05) is 51.4 Å². The molecule has 2 fully saturated rings. The third-order valence-electron chi connectivity index (χ3n) is 5.91. The summed E-state index contributed by atoms with van der Waals surface area (Å²) < 4.78 is 38.3. The molecule has 0 N–H and O–H groups in total. The van der Waals surface area contributed by atoms with Gasteiger partial charge in [0.25, 0.3) is 5.91 Å². The van der Waals surface area contributed by atoms with Crippen LogP contribution in [0, 0.1) is 0 Å². The van der Waals surface area contributed by atoms with Crippen molar-refractivity contribution < 1.29 is 22.7 Å². The van der Waals surface area contributed by atoms with Gasteiger partial charge in [-0.05, 0) is 23.8 Å². The second-order valence-corrected chi connectivity index (χ2v) is 9.84. The van der Waals surface area contributed by atoms with Crippen LogP contribution in [0.1, 0.15) is 15.9 Å². The van der Waals surface area contributed by atoms with Crippen molar-refractivity contribution in [3.05, 3.63) is 59.7 Å². The van der Waals surface area contributed by atoms with Crippen LogP contribution in [-0.4, -0.2) is 88.0 Å². The Morgan fingerprint density at radius 1 is 0.969 bits per heavy atom.